The normalized spacial score (nSPS) is 22.3. The van der Waals surface area contributed by atoms with Gasteiger partial charge in [-0.05, 0) is 63.6 Å². The molecule has 1 aromatic heterocycles. The number of aromatic nitrogens is 2. The van der Waals surface area contributed by atoms with Crippen LogP contribution in [-0.2, 0) is 17.8 Å². The van der Waals surface area contributed by atoms with Gasteiger partial charge in [0.1, 0.15) is 17.4 Å². The first-order valence-corrected chi connectivity index (χ1v) is 12.5. The van der Waals surface area contributed by atoms with E-state index >= 15 is 0 Å². The monoisotopic (exact) mass is 449 g/mol. The number of hydrogen-bond donors (Lipinski definition) is 2. The highest BCUT2D eigenvalue weighted by Crippen LogP contribution is 2.36. The molecule has 3 heterocycles. The van der Waals surface area contributed by atoms with Crippen LogP contribution in [0.5, 0.6) is 5.75 Å². The van der Waals surface area contributed by atoms with E-state index in [0.717, 1.165) is 93.1 Å². The first-order chi connectivity index (χ1) is 16.2. The number of anilines is 1. The molecule has 2 aliphatic heterocycles. The molecule has 2 N–H and O–H groups in total. The van der Waals surface area contributed by atoms with Gasteiger partial charge in [-0.1, -0.05) is 24.6 Å². The third kappa shape index (κ3) is 4.56. The van der Waals surface area contributed by atoms with E-state index in [0.29, 0.717) is 19.0 Å². The Balaban J connectivity index is 1.41. The molecule has 1 saturated carbocycles. The molecule has 2 fully saturated rings. The van der Waals surface area contributed by atoms with Crippen LogP contribution in [0.25, 0.3) is 0 Å². The van der Waals surface area contributed by atoms with Crippen LogP contribution in [0.3, 0.4) is 0 Å². The second kappa shape index (κ2) is 9.67. The Hall–Kier alpha value is -2.67. The number of carbonyl (C=O) groups is 1. The van der Waals surface area contributed by atoms with Gasteiger partial charge in [-0.15, -0.1) is 0 Å². The predicted molar refractivity (Wildman–Crippen MR) is 128 cm³/mol. The van der Waals surface area contributed by atoms with Gasteiger partial charge in [-0.2, -0.15) is 0 Å². The van der Waals surface area contributed by atoms with Crippen LogP contribution in [0, 0.1) is 0 Å². The molecular weight excluding hydrogens is 414 g/mol. The van der Waals surface area contributed by atoms with Crippen molar-refractivity contribution >= 4 is 11.7 Å². The van der Waals surface area contributed by atoms with Crippen LogP contribution >= 0.6 is 0 Å². The molecule has 1 atom stereocenters. The summed E-state index contributed by atoms with van der Waals surface area (Å²) >= 11 is 0. The zero-order valence-electron chi connectivity index (χ0n) is 19.6. The van der Waals surface area contributed by atoms with E-state index in [2.05, 4.69) is 10.6 Å². The lowest BCUT2D eigenvalue weighted by atomic mass is 9.83. The lowest BCUT2D eigenvalue weighted by Crippen LogP contribution is -2.55. The standard InChI is InChI=1S/C26H35N5O2/c1-27-24-21-12-16-31(18-22(21)29-23(30-24)19-9-8-15-28-17-19)25(32)26(13-6-3-7-14-26)33-20-10-4-2-5-11-20/h2,4-5,10-11,19,28H,3,6-9,12-18H2,1H3,(H,27,29,30). The fraction of sp³-hybridized carbons (Fsp3) is 0.577. The highest BCUT2D eigenvalue weighted by atomic mass is 16.5. The zero-order chi connectivity index (χ0) is 22.7. The maximum Gasteiger partial charge on any atom is 0.267 e. The highest BCUT2D eigenvalue weighted by Gasteiger charge is 2.45. The fourth-order valence-electron chi connectivity index (χ4n) is 5.57. The zero-order valence-corrected chi connectivity index (χ0v) is 19.6. The summed E-state index contributed by atoms with van der Waals surface area (Å²) in [5.41, 5.74) is 1.36. The lowest BCUT2D eigenvalue weighted by Gasteiger charge is -2.41. The Labute approximate surface area is 196 Å². The molecule has 7 heteroatoms. The van der Waals surface area contributed by atoms with E-state index in [4.69, 9.17) is 14.7 Å². The van der Waals surface area contributed by atoms with Crippen molar-refractivity contribution in [3.05, 3.63) is 47.4 Å². The van der Waals surface area contributed by atoms with Gasteiger partial charge in [0.05, 0.1) is 12.2 Å². The number of hydrogen-bond acceptors (Lipinski definition) is 6. The number of nitrogens with one attached hydrogen (secondary N) is 2. The van der Waals surface area contributed by atoms with Crippen molar-refractivity contribution in [2.75, 3.05) is 32.0 Å². The molecule has 0 radical (unpaired) electrons. The van der Waals surface area contributed by atoms with E-state index in [1.165, 1.54) is 0 Å². The van der Waals surface area contributed by atoms with Crippen LogP contribution in [0.15, 0.2) is 30.3 Å². The molecule has 7 nitrogen and oxygen atoms in total. The Morgan fingerprint density at radius 2 is 1.97 bits per heavy atom. The van der Waals surface area contributed by atoms with Crippen LogP contribution in [0.1, 0.15) is 67.9 Å². The van der Waals surface area contributed by atoms with Crippen LogP contribution < -0.4 is 15.4 Å². The van der Waals surface area contributed by atoms with Gasteiger partial charge in [0.25, 0.3) is 5.91 Å². The van der Waals surface area contributed by atoms with Crippen molar-refractivity contribution in [1.29, 1.82) is 0 Å². The molecule has 2 aromatic rings. The molecule has 1 unspecified atom stereocenters. The summed E-state index contributed by atoms with van der Waals surface area (Å²) in [5, 5.41) is 6.75. The molecule has 1 aromatic carbocycles. The van der Waals surface area contributed by atoms with Crippen molar-refractivity contribution in [2.45, 2.75) is 69.4 Å². The summed E-state index contributed by atoms with van der Waals surface area (Å²) in [6.45, 7) is 3.18. The predicted octanol–water partition coefficient (Wildman–Crippen LogP) is 3.65. The minimum atomic E-state index is -0.772. The fourth-order valence-corrected chi connectivity index (χ4v) is 5.57. The van der Waals surface area contributed by atoms with Crippen molar-refractivity contribution in [2.24, 2.45) is 0 Å². The number of piperidine rings is 1. The van der Waals surface area contributed by atoms with Gasteiger partial charge in [-0.3, -0.25) is 4.79 Å². The molecule has 1 aliphatic carbocycles. The molecule has 1 amide bonds. The molecule has 1 saturated heterocycles. The number of fused-ring (bicyclic) bond motifs is 1. The number of benzene rings is 1. The quantitative estimate of drug-likeness (QED) is 0.725. The summed E-state index contributed by atoms with van der Waals surface area (Å²) in [7, 11) is 1.92. The van der Waals surface area contributed by atoms with E-state index in [1.54, 1.807) is 0 Å². The average molecular weight is 450 g/mol. The number of rotatable bonds is 5. The largest absolute Gasteiger partial charge is 0.477 e. The number of amides is 1. The highest BCUT2D eigenvalue weighted by molar-refractivity contribution is 5.86. The van der Waals surface area contributed by atoms with E-state index in [9.17, 15) is 4.79 Å². The number of ether oxygens (including phenoxy) is 1. The minimum absolute atomic E-state index is 0.113. The molecule has 0 bridgehead atoms. The summed E-state index contributed by atoms with van der Waals surface area (Å²) in [4.78, 5) is 25.8. The van der Waals surface area contributed by atoms with Gasteiger partial charge in [-0.25, -0.2) is 9.97 Å². The summed E-state index contributed by atoms with van der Waals surface area (Å²) in [5.74, 6) is 3.03. The first kappa shape index (κ1) is 22.1. The first-order valence-electron chi connectivity index (χ1n) is 12.5. The van der Waals surface area contributed by atoms with Gasteiger partial charge in [0, 0.05) is 31.6 Å². The molecule has 5 rings (SSSR count). The Morgan fingerprint density at radius 3 is 2.70 bits per heavy atom. The average Bonchev–Trinajstić information content (AvgIpc) is 2.89. The number of nitrogens with zero attached hydrogens (tertiary/aromatic N) is 3. The Bertz CT molecular complexity index is 968. The van der Waals surface area contributed by atoms with Crippen LogP contribution in [0.2, 0.25) is 0 Å². The maximum atomic E-state index is 14.0. The van der Waals surface area contributed by atoms with Crippen molar-refractivity contribution < 1.29 is 9.53 Å². The summed E-state index contributed by atoms with van der Waals surface area (Å²) in [6, 6.07) is 9.80. The van der Waals surface area contributed by atoms with Crippen molar-refractivity contribution in [3.8, 4) is 5.75 Å². The van der Waals surface area contributed by atoms with Crippen molar-refractivity contribution in [3.63, 3.8) is 0 Å². The SMILES string of the molecule is CNc1nc(C2CCCNC2)nc2c1CCN(C(=O)C1(Oc3ccccc3)CCCCC1)C2. The maximum absolute atomic E-state index is 14.0. The van der Waals surface area contributed by atoms with Crippen LogP contribution in [0.4, 0.5) is 5.82 Å². The molecule has 33 heavy (non-hydrogen) atoms. The van der Waals surface area contributed by atoms with Gasteiger partial charge >= 0.3 is 0 Å². The Morgan fingerprint density at radius 1 is 1.15 bits per heavy atom. The number of carbonyl (C=O) groups excluding carboxylic acids is 1. The summed E-state index contributed by atoms with van der Waals surface area (Å²) in [6.07, 6.45) is 7.76. The molecule has 3 aliphatic rings. The van der Waals surface area contributed by atoms with Gasteiger partial charge in [0.15, 0.2) is 5.60 Å². The Kier molecular flexibility index (Phi) is 6.49. The third-order valence-electron chi connectivity index (χ3n) is 7.38. The smallest absolute Gasteiger partial charge is 0.267 e. The lowest BCUT2D eigenvalue weighted by molar-refractivity contribution is -0.152. The second-order valence-corrected chi connectivity index (χ2v) is 9.60. The van der Waals surface area contributed by atoms with Gasteiger partial charge < -0.3 is 20.3 Å². The van der Waals surface area contributed by atoms with E-state index < -0.39 is 5.60 Å². The number of para-hydroxylation sites is 1. The molecular formula is C26H35N5O2. The van der Waals surface area contributed by atoms with Crippen LogP contribution in [-0.4, -0.2) is 53.1 Å². The third-order valence-corrected chi connectivity index (χ3v) is 7.38. The second-order valence-electron chi connectivity index (χ2n) is 9.60. The topological polar surface area (TPSA) is 79.4 Å². The van der Waals surface area contributed by atoms with E-state index in [1.807, 2.05) is 42.3 Å². The minimum Gasteiger partial charge on any atom is -0.477 e. The summed E-state index contributed by atoms with van der Waals surface area (Å²) < 4.78 is 6.47. The van der Waals surface area contributed by atoms with Gasteiger partial charge in [0.2, 0.25) is 0 Å². The molecule has 176 valence electrons. The van der Waals surface area contributed by atoms with Crippen molar-refractivity contribution in [1.82, 2.24) is 20.2 Å². The molecule has 0 spiro atoms. The van der Waals surface area contributed by atoms with E-state index in [-0.39, 0.29) is 5.91 Å².